The summed E-state index contributed by atoms with van der Waals surface area (Å²) in [5, 5.41) is 3.44. The number of amidine groups is 1. The highest BCUT2D eigenvalue weighted by atomic mass is 19.1. The summed E-state index contributed by atoms with van der Waals surface area (Å²) >= 11 is 0. The minimum absolute atomic E-state index is 0.0142. The van der Waals surface area contributed by atoms with Gasteiger partial charge in [-0.1, -0.05) is 36.8 Å². The zero-order valence-corrected chi connectivity index (χ0v) is 18.6. The minimum Gasteiger partial charge on any atom is -0.460 e. The zero-order valence-electron chi connectivity index (χ0n) is 18.6. The van der Waals surface area contributed by atoms with Crippen molar-refractivity contribution in [3.8, 4) is 0 Å². The highest BCUT2D eigenvalue weighted by Gasteiger charge is 2.37. The third kappa shape index (κ3) is 3.71. The molecule has 4 aliphatic rings. The van der Waals surface area contributed by atoms with Crippen LogP contribution in [0, 0.1) is 11.7 Å². The van der Waals surface area contributed by atoms with Crippen molar-refractivity contribution in [1.82, 2.24) is 10.2 Å². The van der Waals surface area contributed by atoms with E-state index >= 15 is 0 Å². The van der Waals surface area contributed by atoms with Gasteiger partial charge in [0, 0.05) is 12.5 Å². The summed E-state index contributed by atoms with van der Waals surface area (Å²) in [5.41, 5.74) is 5.32. The van der Waals surface area contributed by atoms with Gasteiger partial charge in [0.25, 0.3) is 6.02 Å². The number of benzene rings is 2. The molecule has 2 fully saturated rings. The van der Waals surface area contributed by atoms with Crippen molar-refractivity contribution >= 4 is 6.02 Å². The number of rotatable bonds is 3. The molecule has 1 saturated heterocycles. The number of hydrogen-bond acceptors (Lipinski definition) is 4. The maximum Gasteiger partial charge on any atom is 0.288 e. The van der Waals surface area contributed by atoms with Crippen LogP contribution in [-0.4, -0.2) is 43.2 Å². The lowest BCUT2D eigenvalue weighted by atomic mass is 9.78. The lowest BCUT2D eigenvalue weighted by Gasteiger charge is -2.39. The highest BCUT2D eigenvalue weighted by Crippen LogP contribution is 2.41. The fourth-order valence-electron chi connectivity index (χ4n) is 5.85. The van der Waals surface area contributed by atoms with Crippen LogP contribution in [0.4, 0.5) is 4.39 Å². The highest BCUT2D eigenvalue weighted by molar-refractivity contribution is 5.77. The number of halogens is 1. The number of ether oxygens (including phenoxy) is 1. The van der Waals surface area contributed by atoms with Crippen LogP contribution >= 0.6 is 0 Å². The summed E-state index contributed by atoms with van der Waals surface area (Å²) in [5.74, 6) is 1.11. The molecule has 0 spiro atoms. The first-order valence-corrected chi connectivity index (χ1v) is 12.3. The van der Waals surface area contributed by atoms with Crippen molar-refractivity contribution in [3.05, 3.63) is 70.5 Å². The lowest BCUT2D eigenvalue weighted by molar-refractivity contribution is 0.102. The van der Waals surface area contributed by atoms with Crippen molar-refractivity contribution < 1.29 is 9.13 Å². The molecule has 5 heteroatoms. The smallest absolute Gasteiger partial charge is 0.288 e. The summed E-state index contributed by atoms with van der Waals surface area (Å²) in [6.07, 6.45) is 7.47. The summed E-state index contributed by atoms with van der Waals surface area (Å²) < 4.78 is 20.2. The van der Waals surface area contributed by atoms with Crippen molar-refractivity contribution in [2.75, 3.05) is 26.2 Å². The summed E-state index contributed by atoms with van der Waals surface area (Å²) in [6.45, 7) is 3.76. The van der Waals surface area contributed by atoms with E-state index in [1.807, 2.05) is 12.1 Å². The molecule has 0 aromatic heterocycles. The second kappa shape index (κ2) is 8.51. The van der Waals surface area contributed by atoms with Gasteiger partial charge in [0.2, 0.25) is 0 Å². The maximum absolute atomic E-state index is 13.7. The number of aliphatic imine (C=N–C) groups is 1. The van der Waals surface area contributed by atoms with Crippen LogP contribution in [0.3, 0.4) is 0 Å². The molecule has 3 aliphatic heterocycles. The van der Waals surface area contributed by atoms with E-state index < -0.39 is 0 Å². The summed E-state index contributed by atoms with van der Waals surface area (Å²) in [4.78, 5) is 7.20. The van der Waals surface area contributed by atoms with Gasteiger partial charge in [-0.15, -0.1) is 0 Å². The van der Waals surface area contributed by atoms with E-state index in [0.717, 1.165) is 62.9 Å². The number of nitrogens with one attached hydrogen (secondary N) is 1. The van der Waals surface area contributed by atoms with Crippen LogP contribution in [0.5, 0.6) is 0 Å². The molecule has 2 atom stereocenters. The Kier molecular flexibility index (Phi) is 5.38. The Morgan fingerprint density at radius 1 is 0.969 bits per heavy atom. The maximum atomic E-state index is 13.7. The Labute approximate surface area is 189 Å². The Hall–Kier alpha value is -2.40. The molecule has 168 valence electrons. The minimum atomic E-state index is -0.197. The third-order valence-electron chi connectivity index (χ3n) is 7.98. The molecule has 6 rings (SSSR count). The van der Waals surface area contributed by atoms with Crippen molar-refractivity contribution in [3.63, 3.8) is 0 Å². The van der Waals surface area contributed by atoms with Gasteiger partial charge in [0.1, 0.15) is 11.9 Å². The molecule has 0 unspecified atom stereocenters. The molecule has 32 heavy (non-hydrogen) atoms. The lowest BCUT2D eigenvalue weighted by Crippen LogP contribution is -2.42. The largest absolute Gasteiger partial charge is 0.460 e. The van der Waals surface area contributed by atoms with Crippen LogP contribution in [0.15, 0.2) is 47.5 Å². The van der Waals surface area contributed by atoms with Crippen molar-refractivity contribution in [1.29, 1.82) is 0 Å². The monoisotopic (exact) mass is 433 g/mol. The van der Waals surface area contributed by atoms with Gasteiger partial charge in [-0.3, -0.25) is 0 Å². The predicted octanol–water partition coefficient (Wildman–Crippen LogP) is 4.80. The van der Waals surface area contributed by atoms with E-state index in [-0.39, 0.29) is 18.0 Å². The van der Waals surface area contributed by atoms with Crippen LogP contribution < -0.4 is 5.32 Å². The van der Waals surface area contributed by atoms with E-state index in [2.05, 4.69) is 28.4 Å². The fraction of sp³-hybridized carbons (Fsp3) is 0.519. The second-order valence-corrected chi connectivity index (χ2v) is 9.85. The van der Waals surface area contributed by atoms with E-state index in [4.69, 9.17) is 9.73 Å². The van der Waals surface area contributed by atoms with E-state index in [1.165, 1.54) is 36.0 Å². The number of piperidine rings is 1. The Morgan fingerprint density at radius 2 is 1.75 bits per heavy atom. The normalized spacial score (nSPS) is 26.3. The first-order chi connectivity index (χ1) is 15.8. The topological polar surface area (TPSA) is 36.9 Å². The van der Waals surface area contributed by atoms with Crippen LogP contribution in [0.2, 0.25) is 0 Å². The molecule has 1 aliphatic carbocycles. The van der Waals surface area contributed by atoms with Gasteiger partial charge in [-0.25, -0.2) is 9.38 Å². The van der Waals surface area contributed by atoms with Crippen molar-refractivity contribution in [2.24, 2.45) is 10.9 Å². The van der Waals surface area contributed by atoms with Crippen LogP contribution in [0.25, 0.3) is 0 Å². The number of nitrogens with zero attached hydrogens (tertiary/aromatic N) is 2. The van der Waals surface area contributed by atoms with Gasteiger partial charge < -0.3 is 15.0 Å². The van der Waals surface area contributed by atoms with Crippen LogP contribution in [-0.2, 0) is 11.2 Å². The molecular formula is C27H32FN3O. The molecule has 0 bridgehead atoms. The molecule has 3 heterocycles. The predicted molar refractivity (Wildman–Crippen MR) is 124 cm³/mol. The summed E-state index contributed by atoms with van der Waals surface area (Å²) in [7, 11) is 0. The second-order valence-electron chi connectivity index (χ2n) is 9.85. The standard InChI is InChI=1S/C27H32FN3O/c28-23-7-4-20(5-8-23)26-24-9-6-21(18-2-1-3-18)16-22(24)12-15-31(26)27-30-17-25(32-27)19-10-13-29-14-11-19/h4-9,16,18-19,25-26,29H,1-3,10-15,17H2/t25-,26-/m0/s1. The molecule has 2 aromatic carbocycles. The molecule has 4 nitrogen and oxygen atoms in total. The van der Waals surface area contributed by atoms with Gasteiger partial charge in [0.15, 0.2) is 0 Å². The number of hydrogen-bond donors (Lipinski definition) is 1. The first kappa shape index (κ1) is 20.2. The Balaban J connectivity index is 1.30. The van der Waals surface area contributed by atoms with Crippen LogP contribution in [0.1, 0.15) is 66.3 Å². The third-order valence-corrected chi connectivity index (χ3v) is 7.98. The molecule has 0 amide bonds. The first-order valence-electron chi connectivity index (χ1n) is 12.3. The van der Waals surface area contributed by atoms with Gasteiger partial charge in [0.05, 0.1) is 12.6 Å². The average Bonchev–Trinajstić information content (AvgIpc) is 3.29. The van der Waals surface area contributed by atoms with Gasteiger partial charge >= 0.3 is 0 Å². The van der Waals surface area contributed by atoms with Gasteiger partial charge in [-0.05, 0) is 85.5 Å². The number of fused-ring (bicyclic) bond motifs is 1. The Morgan fingerprint density at radius 3 is 2.50 bits per heavy atom. The SMILES string of the molecule is Fc1ccc([C@H]2c3ccc(C4CCC4)cc3CCN2C2=NC[C@@H](C3CCNCC3)O2)cc1. The van der Waals surface area contributed by atoms with Crippen molar-refractivity contribution in [2.45, 2.75) is 56.6 Å². The molecule has 0 radical (unpaired) electrons. The molecule has 2 aromatic rings. The quantitative estimate of drug-likeness (QED) is 0.756. The molecular weight excluding hydrogens is 401 g/mol. The Bertz CT molecular complexity index is 994. The van der Waals surface area contributed by atoms with E-state index in [0.29, 0.717) is 5.92 Å². The molecule has 1 N–H and O–H groups in total. The summed E-state index contributed by atoms with van der Waals surface area (Å²) in [6, 6.07) is 14.8. The van der Waals surface area contributed by atoms with E-state index in [1.54, 1.807) is 12.1 Å². The van der Waals surface area contributed by atoms with E-state index in [9.17, 15) is 4.39 Å². The fourth-order valence-corrected chi connectivity index (χ4v) is 5.85. The average molecular weight is 434 g/mol. The van der Waals surface area contributed by atoms with Gasteiger partial charge in [-0.2, -0.15) is 0 Å². The molecule has 1 saturated carbocycles. The zero-order chi connectivity index (χ0) is 21.5.